The van der Waals surface area contributed by atoms with Crippen LogP contribution >= 0.6 is 0 Å². The molecule has 0 saturated carbocycles. The molecule has 13 heavy (non-hydrogen) atoms. The zero-order valence-corrected chi connectivity index (χ0v) is 6.28. The molecule has 0 N–H and O–H groups in total. The van der Waals surface area contributed by atoms with Gasteiger partial charge in [0.05, 0.1) is 5.56 Å². The Kier molecular flexibility index (Phi) is 2.76. The highest BCUT2D eigenvalue weighted by atomic mass is 19.3. The van der Waals surface area contributed by atoms with Crippen molar-refractivity contribution in [3.63, 3.8) is 0 Å². The number of hydrogen-bond donors (Lipinski definition) is 0. The molecule has 0 bridgehead atoms. The van der Waals surface area contributed by atoms with Crippen molar-refractivity contribution in [2.45, 2.75) is 6.43 Å². The first-order valence-electron chi connectivity index (χ1n) is 3.28. The van der Waals surface area contributed by atoms with E-state index in [9.17, 15) is 13.2 Å². The number of azide groups is 1. The van der Waals surface area contributed by atoms with E-state index in [2.05, 4.69) is 10.0 Å². The Bertz CT molecular complexity index is 358. The van der Waals surface area contributed by atoms with Gasteiger partial charge >= 0.3 is 0 Å². The number of alkyl halides is 2. The Morgan fingerprint density at radius 1 is 1.38 bits per heavy atom. The number of rotatable bonds is 2. The lowest BCUT2D eigenvalue weighted by atomic mass is 10.2. The summed E-state index contributed by atoms with van der Waals surface area (Å²) in [6.45, 7) is 0. The molecule has 0 amide bonds. The molecule has 1 rings (SSSR count). The summed E-state index contributed by atoms with van der Waals surface area (Å²) in [6.07, 6.45) is -2.98. The molecule has 0 aliphatic rings. The molecule has 0 aromatic heterocycles. The number of nitrogens with zero attached hydrogens (tertiary/aromatic N) is 3. The summed E-state index contributed by atoms with van der Waals surface area (Å²) in [6, 6.07) is 3.22. The zero-order chi connectivity index (χ0) is 9.84. The van der Waals surface area contributed by atoms with E-state index in [0.717, 1.165) is 12.1 Å². The first-order valence-corrected chi connectivity index (χ1v) is 3.28. The summed E-state index contributed by atoms with van der Waals surface area (Å²) in [5, 5.41) is 2.95. The van der Waals surface area contributed by atoms with Crippen molar-refractivity contribution in [2.24, 2.45) is 5.11 Å². The number of benzene rings is 1. The Morgan fingerprint density at radius 2 is 2.08 bits per heavy atom. The van der Waals surface area contributed by atoms with Crippen LogP contribution < -0.4 is 0 Å². The van der Waals surface area contributed by atoms with Crippen LogP contribution in [-0.2, 0) is 0 Å². The lowest BCUT2D eigenvalue weighted by molar-refractivity contribution is 0.147. The van der Waals surface area contributed by atoms with Gasteiger partial charge in [-0.05, 0) is 11.6 Å². The Morgan fingerprint density at radius 3 is 2.62 bits per heavy atom. The highest BCUT2D eigenvalue weighted by molar-refractivity contribution is 5.47. The molecular weight excluding hydrogens is 183 g/mol. The highest BCUT2D eigenvalue weighted by Crippen LogP contribution is 2.31. The molecule has 1 aromatic rings. The van der Waals surface area contributed by atoms with Gasteiger partial charge in [0.2, 0.25) is 0 Å². The van der Waals surface area contributed by atoms with Crippen LogP contribution in [0.25, 0.3) is 10.4 Å². The van der Waals surface area contributed by atoms with Crippen molar-refractivity contribution in [1.82, 2.24) is 0 Å². The summed E-state index contributed by atoms with van der Waals surface area (Å²) < 4.78 is 37.1. The topological polar surface area (TPSA) is 48.8 Å². The Hall–Kier alpha value is -1.68. The van der Waals surface area contributed by atoms with Gasteiger partial charge in [-0.25, -0.2) is 13.2 Å². The van der Waals surface area contributed by atoms with Gasteiger partial charge in [0.15, 0.2) is 0 Å². The number of hydrogen-bond acceptors (Lipinski definition) is 1. The fraction of sp³-hybridized carbons (Fsp3) is 0.143. The summed E-state index contributed by atoms with van der Waals surface area (Å²) >= 11 is 0. The van der Waals surface area contributed by atoms with Gasteiger partial charge in [-0.15, -0.1) is 0 Å². The van der Waals surface area contributed by atoms with Gasteiger partial charge in [-0.3, -0.25) is 0 Å². The molecule has 0 saturated heterocycles. The van der Waals surface area contributed by atoms with Crippen molar-refractivity contribution in [3.8, 4) is 0 Å². The maximum Gasteiger partial charge on any atom is 0.267 e. The molecular formula is C7H4F3N3. The molecule has 3 nitrogen and oxygen atoms in total. The molecule has 6 heteroatoms. The fourth-order valence-electron chi connectivity index (χ4n) is 0.877. The molecule has 0 atom stereocenters. The van der Waals surface area contributed by atoms with Gasteiger partial charge in [-0.2, -0.15) is 0 Å². The maximum absolute atomic E-state index is 12.8. The maximum atomic E-state index is 12.8. The van der Waals surface area contributed by atoms with E-state index in [0.29, 0.717) is 0 Å². The van der Waals surface area contributed by atoms with Crippen LogP contribution in [0.1, 0.15) is 12.0 Å². The molecule has 0 aliphatic carbocycles. The van der Waals surface area contributed by atoms with Gasteiger partial charge in [-0.1, -0.05) is 17.2 Å². The highest BCUT2D eigenvalue weighted by Gasteiger charge is 2.16. The van der Waals surface area contributed by atoms with Crippen LogP contribution in [0, 0.1) is 5.82 Å². The normalized spacial score (nSPS) is 9.85. The third-order valence-electron chi connectivity index (χ3n) is 1.40. The molecule has 0 fully saturated rings. The average Bonchev–Trinajstić information content (AvgIpc) is 2.04. The van der Waals surface area contributed by atoms with Gasteiger partial charge < -0.3 is 0 Å². The summed E-state index contributed by atoms with van der Waals surface area (Å²) in [5.74, 6) is -1.07. The molecule has 0 spiro atoms. The smallest absolute Gasteiger partial charge is 0.206 e. The third kappa shape index (κ3) is 1.91. The van der Waals surface area contributed by atoms with Crippen LogP contribution in [0.3, 0.4) is 0 Å². The van der Waals surface area contributed by atoms with E-state index >= 15 is 0 Å². The van der Waals surface area contributed by atoms with Gasteiger partial charge in [0.1, 0.15) is 5.82 Å². The van der Waals surface area contributed by atoms with Crippen molar-refractivity contribution in [1.29, 1.82) is 0 Å². The lowest BCUT2D eigenvalue weighted by Gasteiger charge is -2.03. The van der Waals surface area contributed by atoms with Crippen LogP contribution in [-0.4, -0.2) is 0 Å². The fourth-order valence-corrected chi connectivity index (χ4v) is 0.877. The van der Waals surface area contributed by atoms with Crippen LogP contribution in [0.2, 0.25) is 0 Å². The molecule has 1 aromatic carbocycles. The Labute approximate surface area is 71.4 Å². The van der Waals surface area contributed by atoms with E-state index in [1.165, 1.54) is 6.07 Å². The first kappa shape index (κ1) is 9.41. The van der Waals surface area contributed by atoms with Crippen molar-refractivity contribution in [3.05, 3.63) is 40.0 Å². The molecule has 0 radical (unpaired) electrons. The Balaban J connectivity index is 3.33. The van der Waals surface area contributed by atoms with E-state index in [-0.39, 0.29) is 5.69 Å². The second-order valence-electron chi connectivity index (χ2n) is 2.16. The van der Waals surface area contributed by atoms with Crippen LogP contribution in [0.4, 0.5) is 18.9 Å². The lowest BCUT2D eigenvalue weighted by Crippen LogP contribution is -1.90. The van der Waals surface area contributed by atoms with Crippen molar-refractivity contribution in [2.75, 3.05) is 0 Å². The second kappa shape index (κ2) is 3.82. The summed E-state index contributed by atoms with van der Waals surface area (Å²) in [5.41, 5.74) is 6.77. The minimum absolute atomic E-state index is 0.377. The predicted octanol–water partition coefficient (Wildman–Crippen LogP) is 3.71. The number of halogens is 3. The largest absolute Gasteiger partial charge is 0.267 e. The zero-order valence-electron chi connectivity index (χ0n) is 6.28. The van der Waals surface area contributed by atoms with Gasteiger partial charge in [0.25, 0.3) is 6.43 Å². The van der Waals surface area contributed by atoms with E-state index in [1.54, 1.807) is 0 Å². The SMILES string of the molecule is [N-]=[N+]=Nc1cccc(F)c1C(F)F. The second-order valence-corrected chi connectivity index (χ2v) is 2.16. The molecule has 0 heterocycles. The predicted molar refractivity (Wildman–Crippen MR) is 40.2 cm³/mol. The average molecular weight is 187 g/mol. The van der Waals surface area contributed by atoms with Crippen molar-refractivity contribution >= 4 is 5.69 Å². The summed E-state index contributed by atoms with van der Waals surface area (Å²) in [7, 11) is 0. The third-order valence-corrected chi connectivity index (χ3v) is 1.40. The molecule has 68 valence electrons. The van der Waals surface area contributed by atoms with E-state index < -0.39 is 17.8 Å². The monoisotopic (exact) mass is 187 g/mol. The molecule has 0 unspecified atom stereocenters. The standard InChI is InChI=1S/C7H4F3N3/c8-4-2-1-3-5(12-13-11)6(4)7(9)10/h1-3,7H. The van der Waals surface area contributed by atoms with Crippen LogP contribution in [0.15, 0.2) is 23.3 Å². The van der Waals surface area contributed by atoms with E-state index in [4.69, 9.17) is 5.53 Å². The van der Waals surface area contributed by atoms with Crippen LogP contribution in [0.5, 0.6) is 0 Å². The quantitative estimate of drug-likeness (QED) is 0.385. The minimum Gasteiger partial charge on any atom is -0.206 e. The minimum atomic E-state index is -2.98. The summed E-state index contributed by atoms with van der Waals surface area (Å²) in [4.78, 5) is 2.32. The van der Waals surface area contributed by atoms with E-state index in [1.807, 2.05) is 0 Å². The molecule has 0 aliphatic heterocycles. The van der Waals surface area contributed by atoms with Crippen molar-refractivity contribution < 1.29 is 13.2 Å². The van der Waals surface area contributed by atoms with Gasteiger partial charge in [0, 0.05) is 10.6 Å². The first-order chi connectivity index (χ1) is 6.16.